The smallest absolute Gasteiger partial charge is 0.160 e. The minimum Gasteiger partial charge on any atom is -0.309 e. The molecule has 0 amide bonds. The van der Waals surface area contributed by atoms with Gasteiger partial charge in [-0.1, -0.05) is 117 Å². The van der Waals surface area contributed by atoms with Crippen LogP contribution in [0.15, 0.2) is 158 Å². The summed E-state index contributed by atoms with van der Waals surface area (Å²) in [6.07, 6.45) is 0. The second-order valence-electron chi connectivity index (χ2n) is 14.2. The van der Waals surface area contributed by atoms with Gasteiger partial charge in [0.15, 0.2) is 5.82 Å². The van der Waals surface area contributed by atoms with Crippen molar-refractivity contribution in [3.63, 3.8) is 0 Å². The Hall–Kier alpha value is -6.83. The summed E-state index contributed by atoms with van der Waals surface area (Å²) in [4.78, 5) is 10.4. The Bertz CT molecular complexity index is 2940. The van der Waals surface area contributed by atoms with Crippen molar-refractivity contribution in [1.82, 2.24) is 14.5 Å². The molecule has 2 heterocycles. The van der Waals surface area contributed by atoms with Gasteiger partial charge in [-0.2, -0.15) is 5.26 Å². The first kappa shape index (κ1) is 30.0. The van der Waals surface area contributed by atoms with Crippen LogP contribution in [0.2, 0.25) is 0 Å². The maximum absolute atomic E-state index is 9.83. The van der Waals surface area contributed by atoms with Crippen molar-refractivity contribution in [1.29, 1.82) is 5.26 Å². The number of nitrogens with zero attached hydrogens (tertiary/aromatic N) is 4. The van der Waals surface area contributed by atoms with Gasteiger partial charge < -0.3 is 4.57 Å². The molecule has 7 aromatic carbocycles. The molecule has 0 fully saturated rings. The number of para-hydroxylation sites is 2. The summed E-state index contributed by atoms with van der Waals surface area (Å²) in [7, 11) is 0. The molecular formula is C48H32N4. The molecule has 0 saturated carbocycles. The van der Waals surface area contributed by atoms with E-state index in [4.69, 9.17) is 9.97 Å². The van der Waals surface area contributed by atoms with Crippen LogP contribution in [0, 0.1) is 11.3 Å². The molecule has 0 spiro atoms. The van der Waals surface area contributed by atoms with Gasteiger partial charge in [0.05, 0.1) is 33.9 Å². The van der Waals surface area contributed by atoms with Crippen molar-refractivity contribution in [2.24, 2.45) is 0 Å². The molecular weight excluding hydrogens is 633 g/mol. The summed E-state index contributed by atoms with van der Waals surface area (Å²) in [5, 5.41) is 13.3. The monoisotopic (exact) mass is 664 g/mol. The lowest BCUT2D eigenvalue weighted by Crippen LogP contribution is -2.15. The normalized spacial score (nSPS) is 12.9. The molecule has 4 heteroatoms. The van der Waals surface area contributed by atoms with Gasteiger partial charge in [-0.15, -0.1) is 0 Å². The van der Waals surface area contributed by atoms with Crippen LogP contribution in [0.3, 0.4) is 0 Å². The van der Waals surface area contributed by atoms with E-state index >= 15 is 0 Å². The van der Waals surface area contributed by atoms with Crippen LogP contribution < -0.4 is 0 Å². The topological polar surface area (TPSA) is 54.5 Å². The molecule has 52 heavy (non-hydrogen) atoms. The number of hydrogen-bond donors (Lipinski definition) is 0. The highest BCUT2D eigenvalue weighted by molar-refractivity contribution is 6.12. The van der Waals surface area contributed by atoms with E-state index in [1.807, 2.05) is 48.5 Å². The number of hydrogen-bond acceptors (Lipinski definition) is 3. The number of fused-ring (bicyclic) bond motifs is 7. The maximum atomic E-state index is 9.83. The van der Waals surface area contributed by atoms with Gasteiger partial charge in [0, 0.05) is 38.4 Å². The van der Waals surface area contributed by atoms with Crippen molar-refractivity contribution in [3.05, 3.63) is 174 Å². The molecule has 4 nitrogen and oxygen atoms in total. The Kier molecular flexibility index (Phi) is 6.55. The number of aromatic nitrogens is 3. The lowest BCUT2D eigenvalue weighted by Gasteiger charge is -2.22. The van der Waals surface area contributed by atoms with E-state index in [9.17, 15) is 5.26 Å². The van der Waals surface area contributed by atoms with Crippen LogP contribution >= 0.6 is 0 Å². The molecule has 244 valence electrons. The van der Waals surface area contributed by atoms with Gasteiger partial charge in [-0.3, -0.25) is 0 Å². The third kappa shape index (κ3) is 4.53. The first-order valence-electron chi connectivity index (χ1n) is 17.6. The first-order valence-corrected chi connectivity index (χ1v) is 17.6. The van der Waals surface area contributed by atoms with Gasteiger partial charge in [0.1, 0.15) is 0 Å². The third-order valence-electron chi connectivity index (χ3n) is 10.8. The lowest BCUT2D eigenvalue weighted by atomic mass is 9.82. The predicted molar refractivity (Wildman–Crippen MR) is 212 cm³/mol. The Morgan fingerprint density at radius 1 is 0.519 bits per heavy atom. The third-order valence-corrected chi connectivity index (χ3v) is 10.8. The number of benzene rings is 7. The van der Waals surface area contributed by atoms with E-state index in [0.717, 1.165) is 55.6 Å². The fourth-order valence-electron chi connectivity index (χ4n) is 8.27. The van der Waals surface area contributed by atoms with Gasteiger partial charge in [0.2, 0.25) is 0 Å². The summed E-state index contributed by atoms with van der Waals surface area (Å²) in [5.74, 6) is 0.648. The molecule has 0 N–H and O–H groups in total. The van der Waals surface area contributed by atoms with Crippen LogP contribution in [0.5, 0.6) is 0 Å². The van der Waals surface area contributed by atoms with Crippen molar-refractivity contribution in [2.75, 3.05) is 0 Å². The molecule has 0 saturated heterocycles. The Morgan fingerprint density at radius 3 is 2.12 bits per heavy atom. The van der Waals surface area contributed by atoms with Gasteiger partial charge >= 0.3 is 0 Å². The molecule has 1 aliphatic carbocycles. The summed E-state index contributed by atoms with van der Waals surface area (Å²) in [6.45, 7) is 4.66. The zero-order valence-corrected chi connectivity index (χ0v) is 28.8. The van der Waals surface area contributed by atoms with Crippen LogP contribution in [0.1, 0.15) is 30.5 Å². The van der Waals surface area contributed by atoms with Gasteiger partial charge in [-0.05, 0) is 88.0 Å². The highest BCUT2D eigenvalue weighted by Crippen LogP contribution is 2.51. The summed E-state index contributed by atoms with van der Waals surface area (Å²) in [6, 6.07) is 57.6. The van der Waals surface area contributed by atoms with Crippen LogP contribution in [0.25, 0.3) is 83.3 Å². The van der Waals surface area contributed by atoms with Crippen LogP contribution in [0.4, 0.5) is 0 Å². The maximum Gasteiger partial charge on any atom is 0.160 e. The van der Waals surface area contributed by atoms with E-state index < -0.39 is 0 Å². The lowest BCUT2D eigenvalue weighted by molar-refractivity contribution is 0.661. The van der Waals surface area contributed by atoms with E-state index in [0.29, 0.717) is 11.4 Å². The summed E-state index contributed by atoms with van der Waals surface area (Å²) >= 11 is 0. The largest absolute Gasteiger partial charge is 0.309 e. The minimum atomic E-state index is -0.140. The van der Waals surface area contributed by atoms with Crippen LogP contribution in [-0.4, -0.2) is 14.5 Å². The van der Waals surface area contributed by atoms with Crippen molar-refractivity contribution >= 4 is 32.7 Å². The molecule has 10 rings (SSSR count). The zero-order valence-electron chi connectivity index (χ0n) is 28.8. The molecule has 0 aliphatic heterocycles. The number of rotatable bonds is 4. The fraction of sp³-hybridized carbons (Fsp3) is 0.0625. The number of nitriles is 1. The highest BCUT2D eigenvalue weighted by atomic mass is 15.0. The summed E-state index contributed by atoms with van der Waals surface area (Å²) in [5.41, 5.74) is 14.7. The fourth-order valence-corrected chi connectivity index (χ4v) is 8.27. The molecule has 2 aromatic heterocycles. The van der Waals surface area contributed by atoms with Gasteiger partial charge in [0.25, 0.3) is 0 Å². The van der Waals surface area contributed by atoms with Crippen molar-refractivity contribution < 1.29 is 0 Å². The average Bonchev–Trinajstić information content (AvgIpc) is 3.64. The molecule has 1 aliphatic rings. The second-order valence-corrected chi connectivity index (χ2v) is 14.2. The highest BCUT2D eigenvalue weighted by Gasteiger charge is 2.36. The Labute approximate surface area is 301 Å². The molecule has 9 aromatic rings. The van der Waals surface area contributed by atoms with E-state index in [1.165, 1.54) is 33.0 Å². The molecule has 0 unspecified atom stereocenters. The molecule has 0 atom stereocenters. The van der Waals surface area contributed by atoms with Gasteiger partial charge in [-0.25, -0.2) is 9.97 Å². The second kappa shape index (κ2) is 11.3. The Balaban J connectivity index is 1.28. The molecule has 0 bridgehead atoms. The Morgan fingerprint density at radius 2 is 1.25 bits per heavy atom. The minimum absolute atomic E-state index is 0.140. The summed E-state index contributed by atoms with van der Waals surface area (Å²) < 4.78 is 2.39. The zero-order chi connectivity index (χ0) is 35.0. The van der Waals surface area contributed by atoms with Crippen LogP contribution in [-0.2, 0) is 5.41 Å². The molecule has 0 radical (unpaired) electrons. The van der Waals surface area contributed by atoms with Crippen molar-refractivity contribution in [2.45, 2.75) is 19.3 Å². The van der Waals surface area contributed by atoms with Crippen molar-refractivity contribution in [3.8, 4) is 56.7 Å². The standard InChI is InChI=1S/C48H32N4/c1-48(2)41-20-9-6-17-36(41)39-27-40-37-18-8-11-22-44(37)52(45(40)28-42(39)48)35-25-33(32-16-12-13-30(23-32)29-49)24-34(26-35)47-50-43-21-10-7-19-38(43)46(51-47)31-14-4-3-5-15-31/h3-28H,1-2H3. The van der Waals surface area contributed by atoms with E-state index in [2.05, 4.69) is 134 Å². The predicted octanol–water partition coefficient (Wildman–Crippen LogP) is 11.9. The SMILES string of the molecule is CC1(C)c2ccccc2-c2cc3c4ccccc4n(-c4cc(-c5cccc(C#N)c5)cc(-c5nc(-c6ccccc6)c6ccccc6n5)c4)c3cc21. The first-order chi connectivity index (χ1) is 25.5. The van der Waals surface area contributed by atoms with E-state index in [1.54, 1.807) is 0 Å². The quantitative estimate of drug-likeness (QED) is 0.188. The van der Waals surface area contributed by atoms with E-state index in [-0.39, 0.29) is 5.41 Å². The average molecular weight is 665 g/mol.